The Hall–Kier alpha value is 1.07. The fourth-order valence-electron chi connectivity index (χ4n) is 0.789. The van der Waals surface area contributed by atoms with Gasteiger partial charge in [0, 0.05) is 0 Å². The van der Waals surface area contributed by atoms with E-state index in [-0.39, 0.29) is 0 Å². The molecule has 0 radical (unpaired) electrons. The van der Waals surface area contributed by atoms with E-state index in [0.29, 0.717) is 0 Å². The molecule has 0 saturated carbocycles. The van der Waals surface area contributed by atoms with Crippen molar-refractivity contribution in [2.24, 2.45) is 0 Å². The second kappa shape index (κ2) is 10.2. The molecule has 1 N–H and O–H groups in total. The molecule has 0 spiro atoms. The van der Waals surface area contributed by atoms with Crippen LogP contribution in [-0.4, -0.2) is 42.0 Å². The fourth-order valence-corrected chi connectivity index (χ4v) is 9.52. The molecule has 0 aliphatic carbocycles. The Morgan fingerprint density at radius 3 is 2.58 bits per heavy atom. The second-order valence-corrected chi connectivity index (χ2v) is 15.5. The number of nitrogens with one attached hydrogen (secondary N) is 1. The summed E-state index contributed by atoms with van der Waals surface area (Å²) in [6.45, 7) is 8.39. The molecule has 0 aliphatic rings. The van der Waals surface area contributed by atoms with Gasteiger partial charge in [-0.3, -0.25) is 0 Å². The number of hydrogen-bond acceptors (Lipinski definition) is 3. The van der Waals surface area contributed by atoms with E-state index >= 15 is 0 Å². The molecule has 2 nitrogen and oxygen atoms in total. The first-order valence-corrected chi connectivity index (χ1v) is 13.1. The van der Waals surface area contributed by atoms with Crippen LogP contribution in [0.5, 0.6) is 0 Å². The predicted molar refractivity (Wildman–Crippen MR) is 58.9 cm³/mol. The monoisotopic (exact) mass is 298 g/mol. The third kappa shape index (κ3) is 7.70. The summed E-state index contributed by atoms with van der Waals surface area (Å²) in [6, 6.07) is 0. The molecular weight excluding hydrogens is 277 g/mol. The van der Waals surface area contributed by atoms with Crippen molar-refractivity contribution in [3.63, 3.8) is 0 Å². The zero-order chi connectivity index (χ0) is 9.23. The molecule has 0 aromatic heterocycles. The molecule has 0 bridgehead atoms. The molecule has 0 aromatic rings. The third-order valence-electron chi connectivity index (χ3n) is 1.46. The van der Waals surface area contributed by atoms with E-state index in [2.05, 4.69) is 35.0 Å². The Labute approximate surface area is 86.0 Å². The van der Waals surface area contributed by atoms with Crippen LogP contribution in [0.4, 0.5) is 0 Å². The molecule has 72 valence electrons. The Bertz CT molecular complexity index is 95.1. The van der Waals surface area contributed by atoms with Crippen molar-refractivity contribution in [1.82, 2.24) is 5.32 Å². The van der Waals surface area contributed by atoms with E-state index in [1.54, 1.807) is 0 Å². The first-order valence-electron chi connectivity index (χ1n) is 4.61. The van der Waals surface area contributed by atoms with Gasteiger partial charge in [-0.15, -0.1) is 0 Å². The summed E-state index contributed by atoms with van der Waals surface area (Å²) in [5.74, 6) is 1.27. The van der Waals surface area contributed by atoms with Gasteiger partial charge in [-0.1, -0.05) is 0 Å². The van der Waals surface area contributed by atoms with Gasteiger partial charge in [0.15, 0.2) is 0 Å². The standard InChI is InChI=1S/C4H10NO.C2H6S.C2H5.Sn/c1-3-5-4-6-2;1-2-3;1-2;/h5H,2-4H2,1H3;3H,2H2,1H3;1H2,2H3;/q;;;+2/p-1. The minimum absolute atomic E-state index is 0.741. The van der Waals surface area contributed by atoms with E-state index in [4.69, 9.17) is 4.74 Å². The Kier molecular flexibility index (Phi) is 11.1. The molecule has 4 heteroatoms. The van der Waals surface area contributed by atoms with E-state index in [1.165, 1.54) is 10.2 Å². The first kappa shape index (κ1) is 13.1. The Morgan fingerprint density at radius 2 is 2.08 bits per heavy atom. The maximum absolute atomic E-state index is 5.54. The van der Waals surface area contributed by atoms with Crippen LogP contribution in [0.15, 0.2) is 0 Å². The second-order valence-electron chi connectivity index (χ2n) is 2.42. The van der Waals surface area contributed by atoms with E-state index in [9.17, 15) is 0 Å². The van der Waals surface area contributed by atoms with Gasteiger partial charge >= 0.3 is 86.2 Å². The maximum atomic E-state index is 5.54. The van der Waals surface area contributed by atoms with Gasteiger partial charge in [-0.2, -0.15) is 0 Å². The molecule has 0 aromatic carbocycles. The summed E-state index contributed by atoms with van der Waals surface area (Å²) in [4.78, 5) is 0. The third-order valence-corrected chi connectivity index (χ3v) is 14.6. The summed E-state index contributed by atoms with van der Waals surface area (Å²) < 4.78 is 8.00. The summed E-state index contributed by atoms with van der Waals surface area (Å²) in [5.41, 5.74) is 0. The van der Waals surface area contributed by atoms with Crippen LogP contribution < -0.4 is 5.32 Å². The summed E-state index contributed by atoms with van der Waals surface area (Å²) in [7, 11) is 2.18. The van der Waals surface area contributed by atoms with Crippen molar-refractivity contribution in [1.29, 1.82) is 0 Å². The van der Waals surface area contributed by atoms with Crippen LogP contribution in [0.25, 0.3) is 0 Å². The molecule has 0 heterocycles. The van der Waals surface area contributed by atoms with E-state index < -0.39 is 18.4 Å². The van der Waals surface area contributed by atoms with Crippen LogP contribution >= 0.6 is 8.95 Å². The van der Waals surface area contributed by atoms with Crippen molar-refractivity contribution < 1.29 is 4.74 Å². The van der Waals surface area contributed by atoms with Crippen LogP contribution in [0.2, 0.25) is 4.44 Å². The average molecular weight is 297 g/mol. The number of hydrogen-bond donors (Lipinski definition) is 1. The van der Waals surface area contributed by atoms with Crippen LogP contribution in [0.3, 0.4) is 0 Å². The van der Waals surface area contributed by atoms with Crippen LogP contribution in [-0.2, 0) is 4.74 Å². The first-order chi connectivity index (χ1) is 5.85. The predicted octanol–water partition coefficient (Wildman–Crippen LogP) is 1.87. The molecular formula is C8H20NOSSn+. The van der Waals surface area contributed by atoms with E-state index in [0.717, 1.165) is 17.9 Å². The average Bonchev–Trinajstić information content (AvgIpc) is 2.10. The van der Waals surface area contributed by atoms with Gasteiger partial charge in [0.05, 0.1) is 0 Å². The number of rotatable bonds is 8. The molecule has 0 aliphatic heterocycles. The summed E-state index contributed by atoms with van der Waals surface area (Å²) >= 11 is -1.13. The minimum atomic E-state index is -1.13. The molecule has 0 rings (SSSR count). The van der Waals surface area contributed by atoms with Crippen molar-refractivity contribution in [3.05, 3.63) is 0 Å². The van der Waals surface area contributed by atoms with Gasteiger partial charge in [0.25, 0.3) is 0 Å². The van der Waals surface area contributed by atoms with Gasteiger partial charge in [-0.05, 0) is 0 Å². The summed E-state index contributed by atoms with van der Waals surface area (Å²) in [5, 5.41) is 3.17. The molecule has 0 saturated heterocycles. The van der Waals surface area contributed by atoms with Crippen molar-refractivity contribution in [3.8, 4) is 0 Å². The zero-order valence-electron chi connectivity index (χ0n) is 8.35. The van der Waals surface area contributed by atoms with E-state index in [1.807, 2.05) is 0 Å². The Balaban J connectivity index is 3.19. The quantitative estimate of drug-likeness (QED) is 0.420. The number of ether oxygens (including phenoxy) is 1. The normalized spacial score (nSPS) is 10.2. The van der Waals surface area contributed by atoms with Gasteiger partial charge in [0.2, 0.25) is 0 Å². The topological polar surface area (TPSA) is 21.3 Å². The fraction of sp³-hybridized carbons (Fsp3) is 1.00. The zero-order valence-corrected chi connectivity index (χ0v) is 12.0. The van der Waals surface area contributed by atoms with Gasteiger partial charge in [0.1, 0.15) is 0 Å². The van der Waals surface area contributed by atoms with Gasteiger partial charge in [-0.25, -0.2) is 0 Å². The molecule has 12 heavy (non-hydrogen) atoms. The molecule has 0 fully saturated rings. The van der Waals surface area contributed by atoms with Crippen molar-refractivity contribution in [2.45, 2.75) is 25.2 Å². The van der Waals surface area contributed by atoms with Crippen LogP contribution in [0, 0.1) is 0 Å². The summed E-state index contributed by atoms with van der Waals surface area (Å²) in [6.07, 6.45) is 0. The molecule has 0 amide bonds. The van der Waals surface area contributed by atoms with Gasteiger partial charge < -0.3 is 0 Å². The Morgan fingerprint density at radius 1 is 1.33 bits per heavy atom. The SMILES string of the molecule is CCNCO[CH2][Sn+]([CH2]C)[S]CC. The molecule has 0 atom stereocenters. The van der Waals surface area contributed by atoms with Crippen molar-refractivity contribution in [2.75, 3.05) is 23.7 Å². The van der Waals surface area contributed by atoms with Crippen LogP contribution in [0.1, 0.15) is 20.8 Å². The van der Waals surface area contributed by atoms with Crippen molar-refractivity contribution >= 4 is 27.3 Å². The molecule has 0 unspecified atom stereocenters.